The lowest BCUT2D eigenvalue weighted by molar-refractivity contribution is -0.147. The van der Waals surface area contributed by atoms with Gasteiger partial charge in [0.05, 0.1) is 13.2 Å². The maximum absolute atomic E-state index is 13.2. The van der Waals surface area contributed by atoms with E-state index in [-0.39, 0.29) is 22.7 Å². The zero-order chi connectivity index (χ0) is 20.8. The van der Waals surface area contributed by atoms with E-state index in [1.165, 1.54) is 14.0 Å². The largest absolute Gasteiger partial charge is 0.466 e. The standard InChI is InChI=1S/C20H22N2O6/c1-10(2)27-18(24)14-11(3)28-19(25)20(14)12-8-6-7-9-13(12)22(4)16(21)15(20)17(23)26-5/h6-10H,21H2,1-5H3/t20-/m1/s1. The summed E-state index contributed by atoms with van der Waals surface area (Å²) in [6.45, 7) is 4.85. The van der Waals surface area contributed by atoms with Crippen LogP contribution in [0.25, 0.3) is 0 Å². The summed E-state index contributed by atoms with van der Waals surface area (Å²) < 4.78 is 15.6. The first kappa shape index (κ1) is 19.5. The van der Waals surface area contributed by atoms with Crippen molar-refractivity contribution < 1.29 is 28.6 Å². The molecule has 1 aromatic carbocycles. The Morgan fingerprint density at radius 3 is 2.43 bits per heavy atom. The lowest BCUT2D eigenvalue weighted by Gasteiger charge is -2.39. The first-order chi connectivity index (χ1) is 13.2. The van der Waals surface area contributed by atoms with Gasteiger partial charge in [-0.3, -0.25) is 0 Å². The van der Waals surface area contributed by atoms with Crippen LogP contribution in [0, 0.1) is 0 Å². The molecule has 1 spiro atoms. The van der Waals surface area contributed by atoms with Crippen molar-refractivity contribution in [3.8, 4) is 0 Å². The predicted octanol–water partition coefficient (Wildman–Crippen LogP) is 1.50. The number of nitrogens with two attached hydrogens (primary N) is 1. The number of esters is 3. The number of rotatable bonds is 3. The number of benzene rings is 1. The third-order valence-corrected chi connectivity index (χ3v) is 4.88. The number of fused-ring (bicyclic) bond motifs is 2. The highest BCUT2D eigenvalue weighted by Crippen LogP contribution is 2.53. The molecule has 148 valence electrons. The van der Waals surface area contributed by atoms with Crippen LogP contribution in [0.4, 0.5) is 5.69 Å². The molecule has 0 bridgehead atoms. The molecule has 0 radical (unpaired) electrons. The van der Waals surface area contributed by atoms with Gasteiger partial charge in [0.25, 0.3) is 0 Å². The molecule has 2 aliphatic rings. The number of anilines is 1. The Hall–Kier alpha value is -3.29. The molecule has 0 saturated carbocycles. The summed E-state index contributed by atoms with van der Waals surface area (Å²) in [5.41, 5.74) is 5.11. The number of carbonyl (C=O) groups is 3. The van der Waals surface area contributed by atoms with E-state index in [9.17, 15) is 14.4 Å². The van der Waals surface area contributed by atoms with E-state index in [1.807, 2.05) is 0 Å². The highest BCUT2D eigenvalue weighted by atomic mass is 16.6. The van der Waals surface area contributed by atoms with Gasteiger partial charge in [-0.1, -0.05) is 18.2 Å². The molecule has 28 heavy (non-hydrogen) atoms. The maximum Gasteiger partial charge on any atom is 0.339 e. The molecule has 8 heteroatoms. The molecule has 3 rings (SSSR count). The Morgan fingerprint density at radius 2 is 1.82 bits per heavy atom. The first-order valence-electron chi connectivity index (χ1n) is 8.74. The zero-order valence-corrected chi connectivity index (χ0v) is 16.4. The van der Waals surface area contributed by atoms with Gasteiger partial charge < -0.3 is 24.8 Å². The van der Waals surface area contributed by atoms with Gasteiger partial charge in [-0.2, -0.15) is 0 Å². The van der Waals surface area contributed by atoms with Crippen molar-refractivity contribution in [2.75, 3.05) is 19.1 Å². The molecule has 0 unspecified atom stereocenters. The number of carbonyl (C=O) groups excluding carboxylic acids is 3. The van der Waals surface area contributed by atoms with Gasteiger partial charge in [0, 0.05) is 18.3 Å². The van der Waals surface area contributed by atoms with Crippen LogP contribution in [0.2, 0.25) is 0 Å². The maximum atomic E-state index is 13.2. The molecule has 0 amide bonds. The third kappa shape index (κ3) is 2.48. The summed E-state index contributed by atoms with van der Waals surface area (Å²) in [6.07, 6.45) is -0.440. The summed E-state index contributed by atoms with van der Waals surface area (Å²) >= 11 is 0. The number of hydrogen-bond acceptors (Lipinski definition) is 8. The molecule has 0 aliphatic carbocycles. The van der Waals surface area contributed by atoms with E-state index in [4.69, 9.17) is 19.9 Å². The SMILES string of the molecule is COC(=O)C1=C(N)N(C)c2ccccc2[C@]12C(=O)OC(C)=C2C(=O)OC(C)C. The number of methoxy groups -OCH3 is 1. The quantitative estimate of drug-likeness (QED) is 0.615. The van der Waals surface area contributed by atoms with Crippen LogP contribution >= 0.6 is 0 Å². The molecule has 0 fully saturated rings. The predicted molar refractivity (Wildman–Crippen MR) is 99.8 cm³/mol. The van der Waals surface area contributed by atoms with Crippen LogP contribution in [0.15, 0.2) is 47.0 Å². The van der Waals surface area contributed by atoms with Crippen molar-refractivity contribution in [2.24, 2.45) is 5.73 Å². The zero-order valence-electron chi connectivity index (χ0n) is 16.4. The van der Waals surface area contributed by atoms with E-state index in [0.29, 0.717) is 11.3 Å². The fraction of sp³-hybridized carbons (Fsp3) is 0.350. The normalized spacial score (nSPS) is 21.2. The molecule has 1 aromatic rings. The van der Waals surface area contributed by atoms with Gasteiger partial charge in [-0.05, 0) is 26.8 Å². The van der Waals surface area contributed by atoms with Crippen LogP contribution in [0.3, 0.4) is 0 Å². The van der Waals surface area contributed by atoms with E-state index in [2.05, 4.69) is 0 Å². The molecule has 8 nitrogen and oxygen atoms in total. The Kier molecular flexibility index (Phi) is 4.66. The summed E-state index contributed by atoms with van der Waals surface area (Å²) in [4.78, 5) is 40.6. The Morgan fingerprint density at radius 1 is 1.18 bits per heavy atom. The van der Waals surface area contributed by atoms with Gasteiger partial charge in [0.1, 0.15) is 22.7 Å². The van der Waals surface area contributed by atoms with E-state index in [0.717, 1.165) is 0 Å². The second-order valence-electron chi connectivity index (χ2n) is 6.85. The summed E-state index contributed by atoms with van der Waals surface area (Å²) in [7, 11) is 2.84. The van der Waals surface area contributed by atoms with Crippen LogP contribution in [0.1, 0.15) is 26.3 Å². The third-order valence-electron chi connectivity index (χ3n) is 4.88. The number of allylic oxidation sites excluding steroid dienone is 1. The smallest absolute Gasteiger partial charge is 0.339 e. The van der Waals surface area contributed by atoms with Crippen LogP contribution in [0.5, 0.6) is 0 Å². The molecule has 0 saturated heterocycles. The number of nitrogens with zero attached hydrogens (tertiary/aromatic N) is 1. The highest BCUT2D eigenvalue weighted by molar-refractivity contribution is 6.16. The lowest BCUT2D eigenvalue weighted by Crippen LogP contribution is -2.50. The molecule has 2 heterocycles. The minimum absolute atomic E-state index is 0.00736. The van der Waals surface area contributed by atoms with Gasteiger partial charge >= 0.3 is 17.9 Å². The van der Waals surface area contributed by atoms with E-state index in [1.54, 1.807) is 50.1 Å². The minimum atomic E-state index is -1.86. The molecule has 2 N–H and O–H groups in total. The average Bonchev–Trinajstić information content (AvgIpc) is 2.90. The monoisotopic (exact) mass is 386 g/mol. The van der Waals surface area contributed by atoms with Gasteiger partial charge in [0.15, 0.2) is 5.41 Å². The number of cyclic esters (lactones) is 1. The second-order valence-corrected chi connectivity index (χ2v) is 6.85. The topological polar surface area (TPSA) is 108 Å². The van der Waals surface area contributed by atoms with Crippen molar-refractivity contribution in [1.82, 2.24) is 0 Å². The van der Waals surface area contributed by atoms with Crippen LogP contribution in [-0.4, -0.2) is 38.2 Å². The molecule has 0 aromatic heterocycles. The number of ether oxygens (including phenoxy) is 3. The van der Waals surface area contributed by atoms with Crippen molar-refractivity contribution in [3.05, 3.63) is 52.6 Å². The van der Waals surface area contributed by atoms with Gasteiger partial charge in [-0.25, -0.2) is 14.4 Å². The lowest BCUT2D eigenvalue weighted by atomic mass is 9.66. The number of hydrogen-bond donors (Lipinski definition) is 1. The summed E-state index contributed by atoms with van der Waals surface area (Å²) in [5, 5.41) is 0. The fourth-order valence-corrected chi connectivity index (χ4v) is 3.74. The van der Waals surface area contributed by atoms with Gasteiger partial charge in [0.2, 0.25) is 0 Å². The Balaban J connectivity index is 2.42. The Bertz CT molecular complexity index is 946. The number of para-hydroxylation sites is 1. The second kappa shape index (κ2) is 6.70. The highest BCUT2D eigenvalue weighted by Gasteiger charge is 2.63. The summed E-state index contributed by atoms with van der Waals surface area (Å²) in [6, 6.07) is 6.87. The van der Waals surface area contributed by atoms with Crippen molar-refractivity contribution >= 4 is 23.6 Å². The van der Waals surface area contributed by atoms with Crippen LogP contribution in [-0.2, 0) is 34.0 Å². The minimum Gasteiger partial charge on any atom is -0.466 e. The van der Waals surface area contributed by atoms with Crippen molar-refractivity contribution in [2.45, 2.75) is 32.3 Å². The van der Waals surface area contributed by atoms with Crippen molar-refractivity contribution in [1.29, 1.82) is 0 Å². The molecular weight excluding hydrogens is 364 g/mol. The van der Waals surface area contributed by atoms with Gasteiger partial charge in [-0.15, -0.1) is 0 Å². The molecule has 2 aliphatic heterocycles. The van der Waals surface area contributed by atoms with Crippen molar-refractivity contribution in [3.63, 3.8) is 0 Å². The van der Waals surface area contributed by atoms with Crippen LogP contribution < -0.4 is 10.6 Å². The Labute approximate surface area is 162 Å². The van der Waals surface area contributed by atoms with E-state index >= 15 is 0 Å². The van der Waals surface area contributed by atoms with E-state index < -0.39 is 29.4 Å². The molecule has 1 atom stereocenters. The average molecular weight is 386 g/mol. The fourth-order valence-electron chi connectivity index (χ4n) is 3.74. The molecular formula is C20H22N2O6. The first-order valence-corrected chi connectivity index (χ1v) is 8.74. The summed E-state index contributed by atoms with van der Waals surface area (Å²) in [5.74, 6) is -2.34.